The molecule has 4 heteroatoms. The SMILES string of the molecule is O=C(c1ccc(O)c(I)c1O)C1CCC1. The van der Waals surface area contributed by atoms with Gasteiger partial charge in [0.1, 0.15) is 11.5 Å². The first-order chi connectivity index (χ1) is 7.11. The summed E-state index contributed by atoms with van der Waals surface area (Å²) in [5.41, 5.74) is 0.335. The summed E-state index contributed by atoms with van der Waals surface area (Å²) < 4.78 is 0.345. The highest BCUT2D eigenvalue weighted by Crippen LogP contribution is 2.36. The van der Waals surface area contributed by atoms with Gasteiger partial charge in [0.15, 0.2) is 5.78 Å². The maximum atomic E-state index is 11.9. The molecule has 1 saturated carbocycles. The van der Waals surface area contributed by atoms with Crippen LogP contribution in [0.4, 0.5) is 0 Å². The van der Waals surface area contributed by atoms with Gasteiger partial charge in [0.05, 0.1) is 9.13 Å². The smallest absolute Gasteiger partial charge is 0.169 e. The Labute approximate surface area is 101 Å². The van der Waals surface area contributed by atoms with Gasteiger partial charge in [-0.3, -0.25) is 4.79 Å². The molecule has 0 amide bonds. The van der Waals surface area contributed by atoms with Gasteiger partial charge < -0.3 is 10.2 Å². The number of carbonyl (C=O) groups is 1. The van der Waals surface area contributed by atoms with E-state index in [9.17, 15) is 15.0 Å². The lowest BCUT2D eigenvalue weighted by atomic mass is 9.80. The van der Waals surface area contributed by atoms with E-state index < -0.39 is 0 Å². The van der Waals surface area contributed by atoms with Crippen molar-refractivity contribution in [2.75, 3.05) is 0 Å². The second-order valence-electron chi connectivity index (χ2n) is 3.79. The lowest BCUT2D eigenvalue weighted by molar-refractivity contribution is 0.0852. The normalized spacial score (nSPS) is 16.1. The van der Waals surface area contributed by atoms with Crippen molar-refractivity contribution >= 4 is 28.4 Å². The number of halogens is 1. The van der Waals surface area contributed by atoms with Crippen LogP contribution >= 0.6 is 22.6 Å². The number of phenolic OH excluding ortho intramolecular Hbond substituents is 2. The molecule has 2 rings (SSSR count). The molecule has 0 aromatic heterocycles. The minimum Gasteiger partial charge on any atom is -0.507 e. The fourth-order valence-corrected chi connectivity index (χ4v) is 2.11. The second-order valence-corrected chi connectivity index (χ2v) is 4.87. The Morgan fingerprint density at radius 3 is 2.53 bits per heavy atom. The predicted molar refractivity (Wildman–Crippen MR) is 64.2 cm³/mol. The second kappa shape index (κ2) is 4.00. The largest absolute Gasteiger partial charge is 0.507 e. The number of hydrogen-bond donors (Lipinski definition) is 2. The van der Waals surface area contributed by atoms with Crippen LogP contribution in [0.3, 0.4) is 0 Å². The number of aromatic hydroxyl groups is 2. The van der Waals surface area contributed by atoms with Gasteiger partial charge in [0.25, 0.3) is 0 Å². The molecule has 0 spiro atoms. The van der Waals surface area contributed by atoms with Gasteiger partial charge in [-0.25, -0.2) is 0 Å². The molecular weight excluding hydrogens is 307 g/mol. The first kappa shape index (κ1) is 10.7. The number of carbonyl (C=O) groups excluding carboxylic acids is 1. The number of phenols is 2. The maximum Gasteiger partial charge on any atom is 0.169 e. The monoisotopic (exact) mass is 318 g/mol. The van der Waals surface area contributed by atoms with Crippen LogP contribution in [0.25, 0.3) is 0 Å². The van der Waals surface area contributed by atoms with Crippen LogP contribution < -0.4 is 0 Å². The summed E-state index contributed by atoms with van der Waals surface area (Å²) in [5.74, 6) is -0.0151. The maximum absolute atomic E-state index is 11.9. The number of rotatable bonds is 2. The summed E-state index contributed by atoms with van der Waals surface area (Å²) in [6.07, 6.45) is 2.91. The molecular formula is C11H11IO3. The Hall–Kier alpha value is -0.780. The number of benzene rings is 1. The topological polar surface area (TPSA) is 57.5 Å². The fourth-order valence-electron chi connectivity index (χ4n) is 1.64. The van der Waals surface area contributed by atoms with Crippen LogP contribution in [0.1, 0.15) is 29.6 Å². The summed E-state index contributed by atoms with van der Waals surface area (Å²) >= 11 is 1.83. The summed E-state index contributed by atoms with van der Waals surface area (Å²) in [4.78, 5) is 11.9. The molecule has 0 heterocycles. The summed E-state index contributed by atoms with van der Waals surface area (Å²) in [6.45, 7) is 0. The fraction of sp³-hybridized carbons (Fsp3) is 0.364. The third-order valence-corrected chi connectivity index (χ3v) is 3.90. The van der Waals surface area contributed by atoms with Crippen molar-refractivity contribution in [1.29, 1.82) is 0 Å². The van der Waals surface area contributed by atoms with Crippen molar-refractivity contribution < 1.29 is 15.0 Å². The van der Waals surface area contributed by atoms with Crippen LogP contribution in [0, 0.1) is 9.49 Å². The van der Waals surface area contributed by atoms with Crippen LogP contribution in [-0.4, -0.2) is 16.0 Å². The number of ketones is 1. The van der Waals surface area contributed by atoms with Crippen molar-refractivity contribution in [2.24, 2.45) is 5.92 Å². The van der Waals surface area contributed by atoms with E-state index in [0.29, 0.717) is 9.13 Å². The first-order valence-electron chi connectivity index (χ1n) is 4.86. The zero-order valence-corrected chi connectivity index (χ0v) is 10.2. The number of hydrogen-bond acceptors (Lipinski definition) is 3. The molecule has 80 valence electrons. The van der Waals surface area contributed by atoms with Gasteiger partial charge in [0, 0.05) is 5.92 Å². The molecule has 0 bridgehead atoms. The average molecular weight is 318 g/mol. The molecule has 0 aliphatic heterocycles. The van der Waals surface area contributed by atoms with Crippen molar-refractivity contribution in [3.63, 3.8) is 0 Å². The van der Waals surface area contributed by atoms with Crippen molar-refractivity contribution in [3.05, 3.63) is 21.3 Å². The molecule has 15 heavy (non-hydrogen) atoms. The van der Waals surface area contributed by atoms with Crippen molar-refractivity contribution in [3.8, 4) is 11.5 Å². The Morgan fingerprint density at radius 2 is 2.00 bits per heavy atom. The molecule has 0 atom stereocenters. The van der Waals surface area contributed by atoms with Crippen LogP contribution in [0.15, 0.2) is 12.1 Å². The molecule has 1 aliphatic carbocycles. The molecule has 0 unspecified atom stereocenters. The quantitative estimate of drug-likeness (QED) is 0.651. The van der Waals surface area contributed by atoms with Crippen LogP contribution in [0.5, 0.6) is 11.5 Å². The van der Waals surface area contributed by atoms with E-state index in [1.54, 1.807) is 0 Å². The first-order valence-corrected chi connectivity index (χ1v) is 5.93. The highest BCUT2D eigenvalue weighted by molar-refractivity contribution is 14.1. The lowest BCUT2D eigenvalue weighted by Gasteiger charge is -2.24. The molecule has 0 radical (unpaired) electrons. The van der Waals surface area contributed by atoms with Gasteiger partial charge in [-0.1, -0.05) is 6.42 Å². The molecule has 0 saturated heterocycles. The van der Waals surface area contributed by atoms with Crippen LogP contribution in [-0.2, 0) is 0 Å². The zero-order valence-electron chi connectivity index (χ0n) is 8.03. The highest BCUT2D eigenvalue weighted by atomic mass is 127. The van der Waals surface area contributed by atoms with Crippen molar-refractivity contribution in [2.45, 2.75) is 19.3 Å². The lowest BCUT2D eigenvalue weighted by Crippen LogP contribution is -2.22. The predicted octanol–water partition coefficient (Wildman–Crippen LogP) is 2.69. The third kappa shape index (κ3) is 1.82. The summed E-state index contributed by atoms with van der Waals surface area (Å²) in [7, 11) is 0. The van der Waals surface area contributed by atoms with E-state index >= 15 is 0 Å². The third-order valence-electron chi connectivity index (χ3n) is 2.84. The average Bonchev–Trinajstić information content (AvgIpc) is 2.11. The van der Waals surface area contributed by atoms with E-state index in [1.807, 2.05) is 22.6 Å². The highest BCUT2D eigenvalue weighted by Gasteiger charge is 2.28. The number of Topliss-reactive ketones (excluding diaryl/α,β-unsaturated/α-hetero) is 1. The zero-order chi connectivity index (χ0) is 11.0. The molecule has 1 aliphatic rings. The molecule has 1 fully saturated rings. The minimum absolute atomic E-state index is 0.00309. The van der Waals surface area contributed by atoms with E-state index in [-0.39, 0.29) is 23.2 Å². The molecule has 1 aromatic carbocycles. The Kier molecular flexibility index (Phi) is 2.86. The molecule has 2 N–H and O–H groups in total. The van der Waals surface area contributed by atoms with E-state index in [0.717, 1.165) is 19.3 Å². The van der Waals surface area contributed by atoms with Gasteiger partial charge >= 0.3 is 0 Å². The summed E-state index contributed by atoms with van der Waals surface area (Å²) in [5, 5.41) is 19.1. The Bertz CT molecular complexity index is 411. The minimum atomic E-state index is -0.0903. The Balaban J connectivity index is 2.35. The van der Waals surface area contributed by atoms with E-state index in [4.69, 9.17) is 0 Å². The summed E-state index contributed by atoms with van der Waals surface area (Å²) in [6, 6.07) is 2.95. The van der Waals surface area contributed by atoms with Gasteiger partial charge in [-0.05, 0) is 47.6 Å². The van der Waals surface area contributed by atoms with Crippen molar-refractivity contribution in [1.82, 2.24) is 0 Å². The van der Waals surface area contributed by atoms with Crippen LogP contribution in [0.2, 0.25) is 0 Å². The standard InChI is InChI=1S/C11H11IO3/c12-9-8(13)5-4-7(11(9)15)10(14)6-2-1-3-6/h4-6,13,15H,1-3H2. The van der Waals surface area contributed by atoms with Gasteiger partial charge in [-0.15, -0.1) is 0 Å². The molecule has 1 aromatic rings. The van der Waals surface area contributed by atoms with E-state index in [1.165, 1.54) is 12.1 Å². The molecule has 3 nitrogen and oxygen atoms in total. The van der Waals surface area contributed by atoms with Gasteiger partial charge in [0.2, 0.25) is 0 Å². The Morgan fingerprint density at radius 1 is 1.33 bits per heavy atom. The van der Waals surface area contributed by atoms with Gasteiger partial charge in [-0.2, -0.15) is 0 Å². The van der Waals surface area contributed by atoms with E-state index in [2.05, 4.69) is 0 Å².